The highest BCUT2D eigenvalue weighted by Crippen LogP contribution is 2.30. The number of rotatable bonds is 9. The van der Waals surface area contributed by atoms with E-state index < -0.39 is 0 Å². The minimum Gasteiger partial charge on any atom is -0.494 e. The third-order valence-electron chi connectivity index (χ3n) is 4.55. The number of anilines is 1. The number of carbonyl (C=O) groups excluding carboxylic acids is 2. The van der Waals surface area contributed by atoms with Crippen LogP contribution >= 0.6 is 0 Å². The van der Waals surface area contributed by atoms with Crippen molar-refractivity contribution in [3.63, 3.8) is 0 Å². The lowest BCUT2D eigenvalue weighted by molar-refractivity contribution is -0.121. The van der Waals surface area contributed by atoms with Crippen molar-refractivity contribution < 1.29 is 14.3 Å². The lowest BCUT2D eigenvalue weighted by atomic mass is 10.1. The molecule has 0 spiro atoms. The van der Waals surface area contributed by atoms with E-state index >= 15 is 0 Å². The first-order chi connectivity index (χ1) is 13.2. The molecule has 3 rings (SSSR count). The molecule has 142 valence electrons. The van der Waals surface area contributed by atoms with Gasteiger partial charge < -0.3 is 15.4 Å². The normalized spacial score (nSPS) is 13.1. The van der Waals surface area contributed by atoms with Crippen LogP contribution in [0.1, 0.15) is 37.3 Å². The van der Waals surface area contributed by atoms with Gasteiger partial charge in [-0.25, -0.2) is 0 Å². The van der Waals surface area contributed by atoms with Gasteiger partial charge in [0, 0.05) is 24.6 Å². The zero-order chi connectivity index (χ0) is 19.1. The number of nitrogens with one attached hydrogen (secondary N) is 2. The average Bonchev–Trinajstić information content (AvgIpc) is 3.52. The van der Waals surface area contributed by atoms with Gasteiger partial charge in [-0.3, -0.25) is 9.59 Å². The van der Waals surface area contributed by atoms with Crippen LogP contribution in [0.4, 0.5) is 5.69 Å². The fourth-order valence-corrected chi connectivity index (χ4v) is 2.84. The van der Waals surface area contributed by atoms with Crippen LogP contribution in [-0.4, -0.2) is 18.4 Å². The molecule has 5 heteroatoms. The number of aryl methyl sites for hydroxylation is 1. The highest BCUT2D eigenvalue weighted by Gasteiger charge is 2.29. The molecule has 0 radical (unpaired) electrons. The molecular weight excluding hydrogens is 340 g/mol. The number of amides is 2. The maximum atomic E-state index is 12.1. The monoisotopic (exact) mass is 366 g/mol. The van der Waals surface area contributed by atoms with Crippen LogP contribution in [0.2, 0.25) is 0 Å². The molecule has 0 unspecified atom stereocenters. The molecule has 2 aromatic carbocycles. The van der Waals surface area contributed by atoms with E-state index in [9.17, 15) is 9.59 Å². The van der Waals surface area contributed by atoms with Gasteiger partial charge in [-0.05, 0) is 55.5 Å². The molecule has 5 nitrogen and oxygen atoms in total. The Kier molecular flexibility index (Phi) is 6.47. The van der Waals surface area contributed by atoms with E-state index in [2.05, 4.69) is 10.6 Å². The van der Waals surface area contributed by atoms with Crippen LogP contribution in [0.15, 0.2) is 48.5 Å². The standard InChI is InChI=1S/C22H26N2O3/c1-2-27-20-6-4-3-5-17(20)11-14-21(25)23-15-16-7-12-19(13-8-16)24-22(26)18-9-10-18/h3-8,12-13,18H,2,9-11,14-15H2,1H3,(H,23,25)(H,24,26). The number of carbonyl (C=O) groups is 2. The molecule has 1 saturated carbocycles. The Morgan fingerprint density at radius 2 is 1.81 bits per heavy atom. The van der Waals surface area contributed by atoms with E-state index in [0.29, 0.717) is 26.0 Å². The van der Waals surface area contributed by atoms with E-state index in [0.717, 1.165) is 35.4 Å². The lowest BCUT2D eigenvalue weighted by Gasteiger charge is -2.10. The Balaban J connectivity index is 1.43. The van der Waals surface area contributed by atoms with Gasteiger partial charge in [-0.1, -0.05) is 30.3 Å². The molecule has 0 bridgehead atoms. The molecule has 1 fully saturated rings. The number of ether oxygens (including phenoxy) is 1. The molecule has 0 heterocycles. The van der Waals surface area contributed by atoms with E-state index in [1.165, 1.54) is 0 Å². The molecule has 2 N–H and O–H groups in total. The maximum absolute atomic E-state index is 12.1. The van der Waals surface area contributed by atoms with Gasteiger partial charge >= 0.3 is 0 Å². The third-order valence-corrected chi connectivity index (χ3v) is 4.55. The fraction of sp³-hybridized carbons (Fsp3) is 0.364. The quantitative estimate of drug-likeness (QED) is 0.711. The number of hydrogen-bond acceptors (Lipinski definition) is 3. The second-order valence-corrected chi connectivity index (χ2v) is 6.78. The van der Waals surface area contributed by atoms with Crippen molar-refractivity contribution >= 4 is 17.5 Å². The van der Waals surface area contributed by atoms with E-state index in [4.69, 9.17) is 4.74 Å². The second-order valence-electron chi connectivity index (χ2n) is 6.78. The topological polar surface area (TPSA) is 67.4 Å². The molecule has 1 aliphatic carbocycles. The highest BCUT2D eigenvalue weighted by atomic mass is 16.5. The van der Waals surface area contributed by atoms with Crippen LogP contribution in [0.25, 0.3) is 0 Å². The van der Waals surface area contributed by atoms with Crippen molar-refractivity contribution in [3.05, 3.63) is 59.7 Å². The van der Waals surface area contributed by atoms with E-state index in [1.54, 1.807) is 0 Å². The Morgan fingerprint density at radius 1 is 1.07 bits per heavy atom. The van der Waals surface area contributed by atoms with Gasteiger partial charge in [0.05, 0.1) is 6.61 Å². The molecule has 0 saturated heterocycles. The van der Waals surface area contributed by atoms with Crippen molar-refractivity contribution in [3.8, 4) is 5.75 Å². The summed E-state index contributed by atoms with van der Waals surface area (Å²) in [7, 11) is 0. The molecule has 0 atom stereocenters. The van der Waals surface area contributed by atoms with Gasteiger partial charge in [0.15, 0.2) is 0 Å². The van der Waals surface area contributed by atoms with E-state index in [1.807, 2.05) is 55.5 Å². The first-order valence-electron chi connectivity index (χ1n) is 9.53. The van der Waals surface area contributed by atoms with Crippen LogP contribution < -0.4 is 15.4 Å². The largest absolute Gasteiger partial charge is 0.494 e. The molecule has 1 aliphatic rings. The zero-order valence-electron chi connectivity index (χ0n) is 15.7. The second kappa shape index (κ2) is 9.21. The molecule has 0 aliphatic heterocycles. The summed E-state index contributed by atoms with van der Waals surface area (Å²) in [6, 6.07) is 15.4. The van der Waals surface area contributed by atoms with Gasteiger partial charge in [0.25, 0.3) is 0 Å². The summed E-state index contributed by atoms with van der Waals surface area (Å²) in [5.41, 5.74) is 2.85. The summed E-state index contributed by atoms with van der Waals surface area (Å²) in [6.45, 7) is 3.04. The Hall–Kier alpha value is -2.82. The fourth-order valence-electron chi connectivity index (χ4n) is 2.84. The smallest absolute Gasteiger partial charge is 0.227 e. The predicted octanol–water partition coefficient (Wildman–Crippen LogP) is 3.68. The summed E-state index contributed by atoms with van der Waals surface area (Å²) in [4.78, 5) is 23.9. The lowest BCUT2D eigenvalue weighted by Crippen LogP contribution is -2.23. The molecular formula is C22H26N2O3. The number of hydrogen-bond donors (Lipinski definition) is 2. The van der Waals surface area contributed by atoms with Crippen LogP contribution in [-0.2, 0) is 22.6 Å². The summed E-state index contributed by atoms with van der Waals surface area (Å²) >= 11 is 0. The first kappa shape index (κ1) is 19.0. The van der Waals surface area contributed by atoms with Gasteiger partial charge in [0.2, 0.25) is 11.8 Å². The summed E-state index contributed by atoms with van der Waals surface area (Å²) in [6.07, 6.45) is 3.05. The van der Waals surface area contributed by atoms with Gasteiger partial charge in [-0.15, -0.1) is 0 Å². The third kappa shape index (κ3) is 5.84. The Bertz CT molecular complexity index is 782. The minimum absolute atomic E-state index is 0.00687. The maximum Gasteiger partial charge on any atom is 0.227 e. The van der Waals surface area contributed by atoms with Crippen LogP contribution in [0, 0.1) is 5.92 Å². The van der Waals surface area contributed by atoms with Crippen LogP contribution in [0.5, 0.6) is 5.75 Å². The Labute approximate surface area is 160 Å². The summed E-state index contributed by atoms with van der Waals surface area (Å²) in [5, 5.41) is 5.85. The van der Waals surface area contributed by atoms with Gasteiger partial charge in [-0.2, -0.15) is 0 Å². The molecule has 27 heavy (non-hydrogen) atoms. The highest BCUT2D eigenvalue weighted by molar-refractivity contribution is 5.94. The summed E-state index contributed by atoms with van der Waals surface area (Å²) in [5.74, 6) is 1.14. The van der Waals surface area contributed by atoms with E-state index in [-0.39, 0.29) is 17.7 Å². The van der Waals surface area contributed by atoms with Crippen LogP contribution in [0.3, 0.4) is 0 Å². The van der Waals surface area contributed by atoms with Crippen molar-refractivity contribution in [1.82, 2.24) is 5.32 Å². The molecule has 2 aromatic rings. The average molecular weight is 366 g/mol. The number of para-hydroxylation sites is 1. The summed E-state index contributed by atoms with van der Waals surface area (Å²) < 4.78 is 5.59. The van der Waals surface area contributed by atoms with Gasteiger partial charge in [0.1, 0.15) is 5.75 Å². The number of benzene rings is 2. The minimum atomic E-state index is 0.00687. The van der Waals surface area contributed by atoms with Crippen molar-refractivity contribution in [1.29, 1.82) is 0 Å². The zero-order valence-corrected chi connectivity index (χ0v) is 15.7. The first-order valence-corrected chi connectivity index (χ1v) is 9.53. The predicted molar refractivity (Wildman–Crippen MR) is 106 cm³/mol. The Morgan fingerprint density at radius 3 is 2.52 bits per heavy atom. The van der Waals surface area contributed by atoms with Crippen molar-refractivity contribution in [2.24, 2.45) is 5.92 Å². The molecule has 0 aromatic heterocycles. The van der Waals surface area contributed by atoms with Crippen molar-refractivity contribution in [2.75, 3.05) is 11.9 Å². The SMILES string of the molecule is CCOc1ccccc1CCC(=O)NCc1ccc(NC(=O)C2CC2)cc1. The molecule has 2 amide bonds. The van der Waals surface area contributed by atoms with Crippen molar-refractivity contribution in [2.45, 2.75) is 39.2 Å².